The lowest BCUT2D eigenvalue weighted by atomic mass is 10.3. The van der Waals surface area contributed by atoms with Gasteiger partial charge in [-0.25, -0.2) is 9.97 Å². The van der Waals surface area contributed by atoms with E-state index in [-0.39, 0.29) is 12.4 Å². The van der Waals surface area contributed by atoms with Gasteiger partial charge in [0.2, 0.25) is 0 Å². The quantitative estimate of drug-likeness (QED) is 0.623. The minimum atomic E-state index is 0. The predicted octanol–water partition coefficient (Wildman–Crippen LogP) is 1.20. The number of halogens is 1. The van der Waals surface area contributed by atoms with Crippen LogP contribution in [0.25, 0.3) is 0 Å². The second-order valence-corrected chi connectivity index (χ2v) is 1.74. The number of hydrogen-bond donors (Lipinski definition) is 1. The lowest BCUT2D eigenvalue weighted by Gasteiger charge is -1.92. The van der Waals surface area contributed by atoms with Crippen LogP contribution in [0.4, 0.5) is 0 Å². The van der Waals surface area contributed by atoms with Crippen LogP contribution < -0.4 is 0 Å². The van der Waals surface area contributed by atoms with Crippen LogP contribution in [0.2, 0.25) is 0 Å². The fraction of sp³-hybridized carbons (Fsp3) is 0.167. The van der Waals surface area contributed by atoms with Gasteiger partial charge in [0.05, 0.1) is 5.69 Å². The molecule has 1 rings (SSSR count). The van der Waals surface area contributed by atoms with E-state index in [1.54, 1.807) is 6.20 Å². The normalized spacial score (nSPS) is 8.10. The summed E-state index contributed by atoms with van der Waals surface area (Å²) in [4.78, 5) is 7.62. The molecule has 0 saturated carbocycles. The van der Waals surface area contributed by atoms with Crippen LogP contribution in [0.1, 0.15) is 11.3 Å². The Morgan fingerprint density at radius 3 is 2.70 bits per heavy atom. The summed E-state index contributed by atoms with van der Waals surface area (Å²) >= 11 is 0. The largest absolute Gasteiger partial charge is 0.306 e. The van der Waals surface area contributed by atoms with Crippen LogP contribution in [0.3, 0.4) is 0 Å². The maximum atomic E-state index is 6.87. The molecule has 0 unspecified atom stereocenters. The molecular formula is C6H8ClN3. The summed E-state index contributed by atoms with van der Waals surface area (Å²) in [6.07, 6.45) is 4.34. The SMILES string of the molecule is Cc1cncnc1C=N.Cl. The summed E-state index contributed by atoms with van der Waals surface area (Å²) in [6.45, 7) is 1.88. The van der Waals surface area contributed by atoms with Gasteiger partial charge in [-0.05, 0) is 12.5 Å². The zero-order chi connectivity index (χ0) is 6.69. The smallest absolute Gasteiger partial charge is 0.116 e. The monoisotopic (exact) mass is 157 g/mol. The first kappa shape index (κ1) is 9.04. The molecule has 1 heterocycles. The first-order chi connectivity index (χ1) is 4.34. The van der Waals surface area contributed by atoms with Crippen molar-refractivity contribution < 1.29 is 0 Å². The zero-order valence-electron chi connectivity index (χ0n) is 5.53. The number of nitrogens with one attached hydrogen (secondary N) is 1. The van der Waals surface area contributed by atoms with E-state index in [0.29, 0.717) is 5.69 Å². The third kappa shape index (κ3) is 1.77. The van der Waals surface area contributed by atoms with Gasteiger partial charge in [0.15, 0.2) is 0 Å². The van der Waals surface area contributed by atoms with E-state index in [1.165, 1.54) is 12.5 Å². The summed E-state index contributed by atoms with van der Waals surface area (Å²) in [6, 6.07) is 0. The molecule has 54 valence electrons. The molecule has 0 fully saturated rings. The summed E-state index contributed by atoms with van der Waals surface area (Å²) in [5.41, 5.74) is 1.62. The molecule has 0 atom stereocenters. The predicted molar refractivity (Wildman–Crippen MR) is 41.9 cm³/mol. The molecule has 3 nitrogen and oxygen atoms in total. The molecule has 0 bridgehead atoms. The molecule has 1 aromatic rings. The van der Waals surface area contributed by atoms with Crippen LogP contribution in [0.15, 0.2) is 12.5 Å². The minimum Gasteiger partial charge on any atom is -0.306 e. The average Bonchev–Trinajstić information content (AvgIpc) is 1.89. The van der Waals surface area contributed by atoms with Gasteiger partial charge in [-0.15, -0.1) is 12.4 Å². The van der Waals surface area contributed by atoms with E-state index >= 15 is 0 Å². The first-order valence-corrected chi connectivity index (χ1v) is 2.61. The molecule has 0 spiro atoms. The highest BCUT2D eigenvalue weighted by Crippen LogP contribution is 1.95. The van der Waals surface area contributed by atoms with Crippen molar-refractivity contribution in [3.8, 4) is 0 Å². The van der Waals surface area contributed by atoms with Crippen molar-refractivity contribution in [2.75, 3.05) is 0 Å². The van der Waals surface area contributed by atoms with Crippen molar-refractivity contribution in [3.63, 3.8) is 0 Å². The zero-order valence-corrected chi connectivity index (χ0v) is 6.35. The number of nitrogens with zero attached hydrogens (tertiary/aromatic N) is 2. The molecule has 0 amide bonds. The Labute approximate surface area is 65.4 Å². The molecule has 0 aliphatic heterocycles. The van der Waals surface area contributed by atoms with Crippen LogP contribution in [0.5, 0.6) is 0 Å². The van der Waals surface area contributed by atoms with Gasteiger partial charge < -0.3 is 5.41 Å². The maximum Gasteiger partial charge on any atom is 0.116 e. The fourth-order valence-corrected chi connectivity index (χ4v) is 0.560. The van der Waals surface area contributed by atoms with Gasteiger partial charge in [-0.2, -0.15) is 0 Å². The van der Waals surface area contributed by atoms with E-state index in [2.05, 4.69) is 9.97 Å². The molecule has 0 saturated heterocycles. The van der Waals surface area contributed by atoms with Gasteiger partial charge in [-0.1, -0.05) is 0 Å². The van der Waals surface area contributed by atoms with E-state index in [0.717, 1.165) is 5.56 Å². The number of hydrogen-bond acceptors (Lipinski definition) is 3. The Morgan fingerprint density at radius 2 is 2.30 bits per heavy atom. The summed E-state index contributed by atoms with van der Waals surface area (Å²) in [5.74, 6) is 0. The summed E-state index contributed by atoms with van der Waals surface area (Å²) in [5, 5.41) is 6.87. The highest BCUT2D eigenvalue weighted by molar-refractivity contribution is 5.85. The standard InChI is InChI=1S/C6H7N3.ClH/c1-5-3-8-4-9-6(5)2-7;/h2-4,7H,1H3;1H. The Hall–Kier alpha value is -0.960. The van der Waals surface area contributed by atoms with Gasteiger partial charge in [0, 0.05) is 12.4 Å². The Kier molecular flexibility index (Phi) is 3.57. The number of aryl methyl sites for hydroxylation is 1. The second-order valence-electron chi connectivity index (χ2n) is 1.74. The Bertz CT molecular complexity index is 224. The molecule has 0 aliphatic carbocycles. The van der Waals surface area contributed by atoms with Crippen LogP contribution in [-0.4, -0.2) is 16.2 Å². The molecule has 0 aliphatic rings. The van der Waals surface area contributed by atoms with Crippen LogP contribution in [-0.2, 0) is 0 Å². The molecule has 4 heteroatoms. The van der Waals surface area contributed by atoms with Crippen molar-refractivity contribution in [2.24, 2.45) is 0 Å². The van der Waals surface area contributed by atoms with Crippen molar-refractivity contribution in [1.29, 1.82) is 5.41 Å². The average molecular weight is 158 g/mol. The molecule has 10 heavy (non-hydrogen) atoms. The molecule has 1 aromatic heterocycles. The topological polar surface area (TPSA) is 49.6 Å². The Balaban J connectivity index is 0.000000810. The maximum absolute atomic E-state index is 6.87. The fourth-order valence-electron chi connectivity index (χ4n) is 0.560. The van der Waals surface area contributed by atoms with E-state index < -0.39 is 0 Å². The van der Waals surface area contributed by atoms with Gasteiger partial charge in [0.25, 0.3) is 0 Å². The highest BCUT2D eigenvalue weighted by Gasteiger charge is 1.90. The van der Waals surface area contributed by atoms with Gasteiger partial charge >= 0.3 is 0 Å². The van der Waals surface area contributed by atoms with Crippen molar-refractivity contribution in [2.45, 2.75) is 6.92 Å². The van der Waals surface area contributed by atoms with Gasteiger partial charge in [0.1, 0.15) is 6.33 Å². The molecule has 0 radical (unpaired) electrons. The van der Waals surface area contributed by atoms with Crippen LogP contribution >= 0.6 is 12.4 Å². The third-order valence-electron chi connectivity index (χ3n) is 1.07. The van der Waals surface area contributed by atoms with E-state index in [4.69, 9.17) is 5.41 Å². The van der Waals surface area contributed by atoms with Crippen molar-refractivity contribution in [3.05, 3.63) is 23.8 Å². The number of rotatable bonds is 1. The van der Waals surface area contributed by atoms with E-state index in [9.17, 15) is 0 Å². The first-order valence-electron chi connectivity index (χ1n) is 2.61. The van der Waals surface area contributed by atoms with E-state index in [1.807, 2.05) is 6.92 Å². The molecule has 1 N–H and O–H groups in total. The lowest BCUT2D eigenvalue weighted by molar-refractivity contribution is 1.11. The summed E-state index contributed by atoms with van der Waals surface area (Å²) < 4.78 is 0. The highest BCUT2D eigenvalue weighted by atomic mass is 35.5. The summed E-state index contributed by atoms with van der Waals surface area (Å²) in [7, 11) is 0. The van der Waals surface area contributed by atoms with Crippen LogP contribution in [0, 0.1) is 12.3 Å². The third-order valence-corrected chi connectivity index (χ3v) is 1.07. The molecular weight excluding hydrogens is 150 g/mol. The lowest BCUT2D eigenvalue weighted by Crippen LogP contribution is -1.90. The second kappa shape index (κ2) is 3.95. The number of aromatic nitrogens is 2. The minimum absolute atomic E-state index is 0. The van der Waals surface area contributed by atoms with Crippen molar-refractivity contribution >= 4 is 18.6 Å². The van der Waals surface area contributed by atoms with Gasteiger partial charge in [-0.3, -0.25) is 0 Å². The molecule has 0 aromatic carbocycles. The van der Waals surface area contributed by atoms with Crippen molar-refractivity contribution in [1.82, 2.24) is 9.97 Å². The Morgan fingerprint density at radius 1 is 1.60 bits per heavy atom.